The maximum Gasteiger partial charge on any atom is 0.303 e. The molecule has 0 aliphatic carbocycles. The van der Waals surface area contributed by atoms with Gasteiger partial charge in [0.25, 0.3) is 16.0 Å². The van der Waals surface area contributed by atoms with Crippen LogP contribution in [-0.4, -0.2) is 169 Å². The summed E-state index contributed by atoms with van der Waals surface area (Å²) in [6.07, 6.45) is -2.35. The van der Waals surface area contributed by atoms with Crippen molar-refractivity contribution in [2.75, 3.05) is 44.0 Å². The lowest BCUT2D eigenvalue weighted by Crippen LogP contribution is -2.61. The van der Waals surface area contributed by atoms with Gasteiger partial charge in [0.05, 0.1) is 18.0 Å². The van der Waals surface area contributed by atoms with Crippen molar-refractivity contribution in [3.8, 4) is 5.75 Å². The van der Waals surface area contributed by atoms with Crippen LogP contribution in [0.1, 0.15) is 76.2 Å². The van der Waals surface area contributed by atoms with Gasteiger partial charge in [-0.3, -0.25) is 52.5 Å². The number of azo groups is 1. The smallest absolute Gasteiger partial charge is 0.303 e. The summed E-state index contributed by atoms with van der Waals surface area (Å²) in [4.78, 5) is 136. The largest absolute Gasteiger partial charge is 0.508 e. The van der Waals surface area contributed by atoms with Crippen LogP contribution in [0.15, 0.2) is 124 Å². The van der Waals surface area contributed by atoms with E-state index in [0.29, 0.717) is 28.0 Å². The maximum atomic E-state index is 14.3. The number of benzene rings is 5. The second-order valence-electron chi connectivity index (χ2n) is 22.3. The summed E-state index contributed by atoms with van der Waals surface area (Å²) in [5.41, 5.74) is 2.92. The van der Waals surface area contributed by atoms with E-state index in [2.05, 4.69) is 58.1 Å². The highest BCUT2D eigenvalue weighted by atomic mass is 32.2. The number of nitrogens with one attached hydrogen (secondary N) is 9. The first-order chi connectivity index (χ1) is 43.4. The average molecular weight is 1300 g/mol. The fourth-order valence-corrected chi connectivity index (χ4v) is 9.85. The summed E-state index contributed by atoms with van der Waals surface area (Å²) in [6, 6.07) is 17.3. The van der Waals surface area contributed by atoms with Gasteiger partial charge in [0.1, 0.15) is 52.9 Å². The number of carbonyl (C=O) groups is 10. The number of anilines is 2. The van der Waals surface area contributed by atoms with E-state index in [1.165, 1.54) is 87.5 Å². The third-order valence-corrected chi connectivity index (χ3v) is 15.2. The first kappa shape index (κ1) is 72.7. The number of hydrogen-bond donors (Lipinski definition) is 14. The molecule has 0 bridgehead atoms. The Kier molecular flexibility index (Phi) is 27.0. The molecule has 0 aliphatic rings. The van der Waals surface area contributed by atoms with E-state index in [1.807, 2.05) is 31.1 Å². The molecule has 494 valence electrons. The second-order valence-corrected chi connectivity index (χ2v) is 23.7. The molecule has 8 amide bonds. The molecule has 30 heteroatoms. The van der Waals surface area contributed by atoms with Crippen LogP contribution >= 0.6 is 0 Å². The molecule has 0 heterocycles. The Labute approximate surface area is 530 Å². The van der Waals surface area contributed by atoms with Crippen LogP contribution in [0.2, 0.25) is 0 Å². The average Bonchev–Trinajstić information content (AvgIpc) is 0.802. The Bertz CT molecular complexity index is 3590. The SMILES string of the molecule is CC(C)[C@H](NC(=O)[C@H](C)NC(=O)[C@H](Cc1ccc(O)cc1)NC(=O)[C@@H](NC(=O)[C@H](CCC(=O)O)NC(=O)c1ccc(N=Nc2ccc(N(C)C)cc2)cc1)C(C)C)C(=O)N[C@@H](CCC(=O)O)C(=O)N[C@@H](CO)C(=O)NCCNc1cccc2c(S(=O)(=O)O)cccc12. The Morgan fingerprint density at radius 1 is 0.522 bits per heavy atom. The number of nitrogens with zero attached hydrogens (tertiary/aromatic N) is 3. The number of rotatable bonds is 34. The van der Waals surface area contributed by atoms with Crippen LogP contribution in [0.25, 0.3) is 10.8 Å². The van der Waals surface area contributed by atoms with E-state index in [4.69, 9.17) is 0 Å². The van der Waals surface area contributed by atoms with Gasteiger partial charge in [-0.25, -0.2) is 0 Å². The lowest BCUT2D eigenvalue weighted by Gasteiger charge is -2.29. The molecule has 14 N–H and O–H groups in total. The van der Waals surface area contributed by atoms with Crippen LogP contribution in [0.4, 0.5) is 22.7 Å². The molecule has 5 aromatic rings. The predicted octanol–water partition coefficient (Wildman–Crippen LogP) is 2.81. The highest BCUT2D eigenvalue weighted by Gasteiger charge is 2.35. The Morgan fingerprint density at radius 3 is 1.54 bits per heavy atom. The van der Waals surface area contributed by atoms with Crippen LogP contribution < -0.4 is 52.8 Å². The Hall–Kier alpha value is -10.1. The zero-order chi connectivity index (χ0) is 68.0. The minimum Gasteiger partial charge on any atom is -0.508 e. The van der Waals surface area contributed by atoms with Crippen molar-refractivity contribution in [3.63, 3.8) is 0 Å². The normalized spacial score (nSPS) is 13.7. The zero-order valence-corrected chi connectivity index (χ0v) is 52.4. The molecule has 0 fully saturated rings. The summed E-state index contributed by atoms with van der Waals surface area (Å²) in [5.74, 6) is -11.5. The summed E-state index contributed by atoms with van der Waals surface area (Å²) in [5, 5.41) is 71.4. The van der Waals surface area contributed by atoms with Gasteiger partial charge in [0.2, 0.25) is 41.4 Å². The highest BCUT2D eigenvalue weighted by molar-refractivity contribution is 7.86. The molecule has 29 nitrogen and oxygen atoms in total. The lowest BCUT2D eigenvalue weighted by atomic mass is 9.99. The van der Waals surface area contributed by atoms with Crippen LogP contribution in [-0.2, 0) is 59.7 Å². The van der Waals surface area contributed by atoms with Gasteiger partial charge in [0, 0.05) is 74.2 Å². The first-order valence-electron chi connectivity index (χ1n) is 29.2. The van der Waals surface area contributed by atoms with Crippen molar-refractivity contribution in [1.29, 1.82) is 0 Å². The van der Waals surface area contributed by atoms with Crippen molar-refractivity contribution < 1.29 is 81.3 Å². The van der Waals surface area contributed by atoms with Crippen LogP contribution in [0, 0.1) is 11.8 Å². The molecule has 0 saturated carbocycles. The number of phenolic OH excluding ortho intramolecular Hbond substituents is 1. The lowest BCUT2D eigenvalue weighted by molar-refractivity contribution is -0.139. The third kappa shape index (κ3) is 22.2. The molecule has 0 spiro atoms. The molecule has 7 atom stereocenters. The highest BCUT2D eigenvalue weighted by Crippen LogP contribution is 2.29. The van der Waals surface area contributed by atoms with Gasteiger partial charge in [-0.05, 0) is 110 Å². The minimum atomic E-state index is -4.55. The molecule has 0 aliphatic heterocycles. The van der Waals surface area contributed by atoms with Crippen molar-refractivity contribution in [3.05, 3.63) is 120 Å². The van der Waals surface area contributed by atoms with E-state index in [0.717, 1.165) is 5.69 Å². The molecule has 0 saturated heterocycles. The monoisotopic (exact) mass is 1290 g/mol. The van der Waals surface area contributed by atoms with Gasteiger partial charge < -0.3 is 73.2 Å². The Balaban J connectivity index is 1.23. The van der Waals surface area contributed by atoms with Crippen molar-refractivity contribution >= 4 is 103 Å². The number of aliphatic hydroxyl groups is 1. The van der Waals surface area contributed by atoms with Gasteiger partial charge in [-0.1, -0.05) is 64.1 Å². The van der Waals surface area contributed by atoms with Gasteiger partial charge in [-0.15, -0.1) is 0 Å². The van der Waals surface area contributed by atoms with Crippen molar-refractivity contribution in [1.82, 2.24) is 42.5 Å². The number of amides is 8. The quantitative estimate of drug-likeness (QED) is 0.0160. The van der Waals surface area contributed by atoms with E-state index < -0.39 is 149 Å². The number of aliphatic hydroxyl groups excluding tert-OH is 1. The van der Waals surface area contributed by atoms with Crippen LogP contribution in [0.5, 0.6) is 5.75 Å². The third-order valence-electron chi connectivity index (χ3n) is 14.3. The summed E-state index contributed by atoms with van der Waals surface area (Å²) < 4.78 is 33.5. The maximum absolute atomic E-state index is 14.3. The first-order valence-corrected chi connectivity index (χ1v) is 30.7. The van der Waals surface area contributed by atoms with E-state index in [9.17, 15) is 81.3 Å². The molecular formula is C62H78N12O17S. The molecule has 0 aromatic heterocycles. The van der Waals surface area contributed by atoms with Crippen molar-refractivity contribution in [2.24, 2.45) is 22.1 Å². The Morgan fingerprint density at radius 2 is 1.01 bits per heavy atom. The van der Waals surface area contributed by atoms with Crippen molar-refractivity contribution in [2.45, 2.75) is 114 Å². The van der Waals surface area contributed by atoms with E-state index in [1.54, 1.807) is 44.2 Å². The summed E-state index contributed by atoms with van der Waals surface area (Å²) in [7, 11) is -0.744. The number of carboxylic acid groups (broad SMARTS) is 2. The molecule has 0 unspecified atom stereocenters. The zero-order valence-electron chi connectivity index (χ0n) is 51.6. The van der Waals surface area contributed by atoms with Gasteiger partial charge in [-0.2, -0.15) is 18.6 Å². The number of carboxylic acids is 2. The molecule has 0 radical (unpaired) electrons. The predicted molar refractivity (Wildman–Crippen MR) is 337 cm³/mol. The van der Waals surface area contributed by atoms with E-state index >= 15 is 0 Å². The molecule has 92 heavy (non-hydrogen) atoms. The van der Waals surface area contributed by atoms with E-state index in [-0.39, 0.29) is 47.5 Å². The number of phenols is 1. The number of fused-ring (bicyclic) bond motifs is 1. The molecular weight excluding hydrogens is 1220 g/mol. The number of hydrogen-bond acceptors (Lipinski definition) is 18. The number of aromatic hydroxyl groups is 1. The summed E-state index contributed by atoms with van der Waals surface area (Å²) >= 11 is 0. The van der Waals surface area contributed by atoms with Crippen LogP contribution in [0.3, 0.4) is 0 Å². The fourth-order valence-electron chi connectivity index (χ4n) is 9.14. The topological polar surface area (TPSA) is 442 Å². The van der Waals surface area contributed by atoms with Gasteiger partial charge >= 0.3 is 11.9 Å². The number of aliphatic carboxylic acids is 2. The molecule has 5 rings (SSSR count). The summed E-state index contributed by atoms with van der Waals surface area (Å²) in [6.45, 7) is 6.52. The van der Waals surface area contributed by atoms with Gasteiger partial charge in [0.15, 0.2) is 0 Å². The minimum absolute atomic E-state index is 0.0555. The number of carbonyl (C=O) groups excluding carboxylic acids is 8. The molecule has 5 aromatic carbocycles. The second kappa shape index (κ2) is 34.2. The fraction of sp³-hybridized carbons (Fsp3) is 0.387. The standard InChI is InChI=1S/C62H78N12O17S/c1-34(2)53(61(87)67-46(26-28-51(77)78)58(84)69-49(33-75)57(83)64-31-30-63-45-12-8-11-44-43(45)10-9-13-50(44)92(89,90)91)70-55(81)36(5)65-60(86)48(32-37-14-24-42(76)25-15-37)68-62(88)54(35(3)4)71-59(85)47(27-29-52(79)80)66-56(82)38-16-18-39(19-17-38)72-73-40-20-22-41(23-21-40)74(6)7/h8-25,34-36,46-49,53-54,63,75-76H,26-33H2,1-7H3,(H,64,83)(H,65,86)(H,66,82)(H,67,87)(H,68,88)(H,69,84)(H,70,81)(H,71,85)(H,77,78)(H,79,80)(H,89,90,91)/t36-,46-,47-,48-,49-,53-,54-/m0/s1.